The molecule has 0 aliphatic carbocycles. The Hall–Kier alpha value is -0.640. The van der Waals surface area contributed by atoms with Crippen molar-refractivity contribution in [3.63, 3.8) is 0 Å². The van der Waals surface area contributed by atoms with Crippen LogP contribution >= 0.6 is 11.6 Å². The third-order valence-electron chi connectivity index (χ3n) is 1.61. The average Bonchev–Trinajstić information content (AvgIpc) is 2.08. The lowest BCUT2D eigenvalue weighted by atomic mass is 10.1. The fourth-order valence-corrected chi connectivity index (χ4v) is 1.11. The van der Waals surface area contributed by atoms with E-state index in [1.54, 1.807) is 0 Å². The van der Waals surface area contributed by atoms with E-state index in [4.69, 9.17) is 23.1 Å². The van der Waals surface area contributed by atoms with Crippen molar-refractivity contribution in [2.45, 2.75) is 6.04 Å². The van der Waals surface area contributed by atoms with E-state index >= 15 is 0 Å². The summed E-state index contributed by atoms with van der Waals surface area (Å²) in [6, 6.07) is 3.77. The Morgan fingerprint density at radius 2 is 2.17 bits per heavy atom. The minimum Gasteiger partial charge on any atom is -0.329 e. The molecule has 0 amide bonds. The molecule has 0 bridgehead atoms. The molecule has 2 nitrogen and oxygen atoms in total. The average molecular weight is 189 g/mol. The molecule has 0 heterocycles. The third-order valence-corrected chi connectivity index (χ3v) is 1.85. The van der Waals surface area contributed by atoms with Crippen LogP contribution < -0.4 is 11.5 Å². The summed E-state index contributed by atoms with van der Waals surface area (Å²) in [6.45, 7) is 0.206. The smallest absolute Gasteiger partial charge is 0.128 e. The SMILES string of the molecule is NC[C@@H](N)c1cc(Cl)ccc1F. The molecule has 0 spiro atoms. The van der Waals surface area contributed by atoms with Crippen LogP contribution in [0.15, 0.2) is 18.2 Å². The highest BCUT2D eigenvalue weighted by Crippen LogP contribution is 2.18. The summed E-state index contributed by atoms with van der Waals surface area (Å²) in [5.74, 6) is -0.364. The Morgan fingerprint density at radius 3 is 2.75 bits per heavy atom. The molecule has 0 radical (unpaired) electrons. The molecule has 0 aromatic heterocycles. The van der Waals surface area contributed by atoms with Crippen molar-refractivity contribution >= 4 is 11.6 Å². The predicted molar refractivity (Wildman–Crippen MR) is 47.4 cm³/mol. The van der Waals surface area contributed by atoms with Gasteiger partial charge in [-0.2, -0.15) is 0 Å². The van der Waals surface area contributed by atoms with Gasteiger partial charge in [0.25, 0.3) is 0 Å². The summed E-state index contributed by atoms with van der Waals surface area (Å²) in [4.78, 5) is 0. The van der Waals surface area contributed by atoms with Gasteiger partial charge in [-0.05, 0) is 18.2 Å². The standard InChI is InChI=1S/C8H10ClFN2/c9-5-1-2-7(10)6(3-5)8(12)4-11/h1-3,8H,4,11-12H2/t8-/m1/s1. The minimum atomic E-state index is -0.483. The first-order chi connectivity index (χ1) is 5.65. The maximum Gasteiger partial charge on any atom is 0.128 e. The zero-order chi connectivity index (χ0) is 9.14. The summed E-state index contributed by atoms with van der Waals surface area (Å²) in [6.07, 6.45) is 0. The number of halogens is 2. The molecule has 0 aliphatic heterocycles. The molecule has 1 atom stereocenters. The fraction of sp³-hybridized carbons (Fsp3) is 0.250. The Kier molecular flexibility index (Phi) is 3.03. The molecule has 4 N–H and O–H groups in total. The van der Waals surface area contributed by atoms with Crippen LogP contribution in [0.4, 0.5) is 4.39 Å². The number of nitrogens with two attached hydrogens (primary N) is 2. The van der Waals surface area contributed by atoms with Crippen LogP contribution in [-0.4, -0.2) is 6.54 Å². The summed E-state index contributed by atoms with van der Waals surface area (Å²) >= 11 is 5.65. The molecule has 12 heavy (non-hydrogen) atoms. The zero-order valence-corrected chi connectivity index (χ0v) is 7.18. The molecule has 66 valence electrons. The topological polar surface area (TPSA) is 52.0 Å². The second-order valence-corrected chi connectivity index (χ2v) is 2.94. The van der Waals surface area contributed by atoms with Crippen LogP contribution in [0.25, 0.3) is 0 Å². The summed E-state index contributed by atoms with van der Waals surface area (Å²) in [5.41, 5.74) is 11.2. The van der Waals surface area contributed by atoms with Crippen LogP contribution in [0.3, 0.4) is 0 Å². The van der Waals surface area contributed by atoms with E-state index in [9.17, 15) is 4.39 Å². The molecular weight excluding hydrogens is 179 g/mol. The molecule has 1 aromatic rings. The lowest BCUT2D eigenvalue weighted by Gasteiger charge is -2.09. The summed E-state index contributed by atoms with van der Waals surface area (Å²) in [7, 11) is 0. The molecule has 0 aliphatic rings. The summed E-state index contributed by atoms with van der Waals surface area (Å²) < 4.78 is 13.0. The van der Waals surface area contributed by atoms with Crippen LogP contribution in [0.2, 0.25) is 5.02 Å². The molecule has 0 saturated heterocycles. The monoisotopic (exact) mass is 188 g/mol. The van der Waals surface area contributed by atoms with E-state index in [1.165, 1.54) is 18.2 Å². The van der Waals surface area contributed by atoms with Gasteiger partial charge in [0.15, 0.2) is 0 Å². The lowest BCUT2D eigenvalue weighted by molar-refractivity contribution is 0.584. The second kappa shape index (κ2) is 3.85. The van der Waals surface area contributed by atoms with Crippen LogP contribution in [0.5, 0.6) is 0 Å². The largest absolute Gasteiger partial charge is 0.329 e. The van der Waals surface area contributed by atoms with Gasteiger partial charge in [0.2, 0.25) is 0 Å². The zero-order valence-electron chi connectivity index (χ0n) is 6.43. The fourth-order valence-electron chi connectivity index (χ4n) is 0.926. The van der Waals surface area contributed by atoms with Crippen molar-refractivity contribution < 1.29 is 4.39 Å². The van der Waals surface area contributed by atoms with Gasteiger partial charge in [-0.15, -0.1) is 0 Å². The predicted octanol–water partition coefficient (Wildman–Crippen LogP) is 1.44. The van der Waals surface area contributed by atoms with Crippen molar-refractivity contribution in [1.29, 1.82) is 0 Å². The second-order valence-electron chi connectivity index (χ2n) is 2.51. The minimum absolute atomic E-state index is 0.206. The van der Waals surface area contributed by atoms with Gasteiger partial charge in [0.1, 0.15) is 5.82 Å². The van der Waals surface area contributed by atoms with E-state index in [2.05, 4.69) is 0 Å². The normalized spacial score (nSPS) is 13.0. The Morgan fingerprint density at radius 1 is 1.50 bits per heavy atom. The van der Waals surface area contributed by atoms with Crippen molar-refractivity contribution in [1.82, 2.24) is 0 Å². The van der Waals surface area contributed by atoms with E-state index in [0.29, 0.717) is 10.6 Å². The highest BCUT2D eigenvalue weighted by Gasteiger charge is 2.09. The number of hydrogen-bond donors (Lipinski definition) is 2. The molecular formula is C8H10ClFN2. The highest BCUT2D eigenvalue weighted by atomic mass is 35.5. The Bertz CT molecular complexity index is 278. The van der Waals surface area contributed by atoms with Gasteiger partial charge in [-0.3, -0.25) is 0 Å². The van der Waals surface area contributed by atoms with Crippen LogP contribution in [0.1, 0.15) is 11.6 Å². The van der Waals surface area contributed by atoms with E-state index in [1.807, 2.05) is 0 Å². The summed E-state index contributed by atoms with van der Waals surface area (Å²) in [5, 5.41) is 0.468. The number of benzene rings is 1. The van der Waals surface area contributed by atoms with Gasteiger partial charge in [0, 0.05) is 23.2 Å². The first kappa shape index (κ1) is 9.45. The first-order valence-electron chi connectivity index (χ1n) is 3.55. The van der Waals surface area contributed by atoms with Crippen LogP contribution in [-0.2, 0) is 0 Å². The van der Waals surface area contributed by atoms with Crippen LogP contribution in [0, 0.1) is 5.82 Å². The quantitative estimate of drug-likeness (QED) is 0.738. The van der Waals surface area contributed by atoms with Crippen molar-refractivity contribution in [2.24, 2.45) is 11.5 Å². The number of rotatable bonds is 2. The molecule has 0 fully saturated rings. The Labute approximate surface area is 75.3 Å². The van der Waals surface area contributed by atoms with E-state index < -0.39 is 6.04 Å². The molecule has 4 heteroatoms. The maximum absolute atomic E-state index is 13.0. The van der Waals surface area contributed by atoms with E-state index in [-0.39, 0.29) is 12.4 Å². The van der Waals surface area contributed by atoms with Crippen molar-refractivity contribution in [3.05, 3.63) is 34.6 Å². The molecule has 0 unspecified atom stereocenters. The van der Waals surface area contributed by atoms with Gasteiger partial charge >= 0.3 is 0 Å². The maximum atomic E-state index is 13.0. The number of hydrogen-bond acceptors (Lipinski definition) is 2. The van der Waals surface area contributed by atoms with Crippen molar-refractivity contribution in [2.75, 3.05) is 6.54 Å². The van der Waals surface area contributed by atoms with Crippen molar-refractivity contribution in [3.8, 4) is 0 Å². The molecule has 1 rings (SSSR count). The Balaban J connectivity index is 3.04. The van der Waals surface area contributed by atoms with Gasteiger partial charge < -0.3 is 11.5 Å². The third kappa shape index (κ3) is 1.94. The molecule has 0 saturated carbocycles. The first-order valence-corrected chi connectivity index (χ1v) is 3.93. The van der Waals surface area contributed by atoms with Gasteiger partial charge in [-0.1, -0.05) is 11.6 Å². The lowest BCUT2D eigenvalue weighted by Crippen LogP contribution is -2.21. The van der Waals surface area contributed by atoms with Gasteiger partial charge in [-0.25, -0.2) is 4.39 Å². The highest BCUT2D eigenvalue weighted by molar-refractivity contribution is 6.30. The van der Waals surface area contributed by atoms with Gasteiger partial charge in [0.05, 0.1) is 0 Å². The molecule has 1 aromatic carbocycles. The van der Waals surface area contributed by atoms with E-state index in [0.717, 1.165) is 0 Å².